The lowest BCUT2D eigenvalue weighted by Gasteiger charge is -2.23. The lowest BCUT2D eigenvalue weighted by molar-refractivity contribution is 0.00555. The Morgan fingerprint density at radius 3 is 3.20 bits per heavy atom. The van der Waals surface area contributed by atoms with Crippen LogP contribution in [0.1, 0.15) is 25.1 Å². The van der Waals surface area contributed by atoms with Gasteiger partial charge in [0.25, 0.3) is 0 Å². The number of rotatable bonds is 4. The largest absolute Gasteiger partial charge is 0.376 e. The van der Waals surface area contributed by atoms with E-state index in [1.165, 1.54) is 19.3 Å². The van der Waals surface area contributed by atoms with E-state index in [9.17, 15) is 0 Å². The zero-order valence-electron chi connectivity index (χ0n) is 9.06. The van der Waals surface area contributed by atoms with Gasteiger partial charge < -0.3 is 15.0 Å². The number of hydrogen-bond acceptors (Lipinski definition) is 3. The first-order valence-corrected chi connectivity index (χ1v) is 5.72. The summed E-state index contributed by atoms with van der Waals surface area (Å²) >= 11 is 0. The summed E-state index contributed by atoms with van der Waals surface area (Å²) in [7, 11) is 0. The Bertz CT molecular complexity index is 292. The lowest BCUT2D eigenvalue weighted by atomic mass is 10.1. The number of imidazole rings is 1. The first-order chi connectivity index (χ1) is 7.40. The topological polar surface area (TPSA) is 53.1 Å². The maximum absolute atomic E-state index is 5.70. The average molecular weight is 209 g/mol. The van der Waals surface area contributed by atoms with Crippen molar-refractivity contribution in [3.05, 3.63) is 18.2 Å². The molecule has 0 radical (unpaired) electrons. The number of ether oxygens (including phenoxy) is 1. The van der Waals surface area contributed by atoms with E-state index in [4.69, 9.17) is 10.5 Å². The third kappa shape index (κ3) is 2.79. The molecule has 1 saturated heterocycles. The summed E-state index contributed by atoms with van der Waals surface area (Å²) in [5.74, 6) is 1.08. The molecule has 1 aromatic heterocycles. The third-order valence-electron chi connectivity index (χ3n) is 2.84. The molecule has 0 aromatic carbocycles. The maximum Gasteiger partial charge on any atom is 0.109 e. The van der Waals surface area contributed by atoms with Crippen LogP contribution in [0.5, 0.6) is 0 Å². The van der Waals surface area contributed by atoms with Crippen LogP contribution in [0.15, 0.2) is 12.4 Å². The van der Waals surface area contributed by atoms with Gasteiger partial charge in [-0.15, -0.1) is 0 Å². The van der Waals surface area contributed by atoms with E-state index in [0.717, 1.165) is 25.4 Å². The molecule has 15 heavy (non-hydrogen) atoms. The van der Waals surface area contributed by atoms with Crippen LogP contribution in [-0.2, 0) is 17.7 Å². The summed E-state index contributed by atoms with van der Waals surface area (Å²) in [5.41, 5.74) is 5.54. The lowest BCUT2D eigenvalue weighted by Crippen LogP contribution is -2.25. The van der Waals surface area contributed by atoms with E-state index in [-0.39, 0.29) is 0 Å². The van der Waals surface area contributed by atoms with Crippen LogP contribution in [0.3, 0.4) is 0 Å². The van der Waals surface area contributed by atoms with Gasteiger partial charge in [-0.2, -0.15) is 0 Å². The first kappa shape index (κ1) is 10.6. The van der Waals surface area contributed by atoms with Crippen LogP contribution in [0.2, 0.25) is 0 Å². The van der Waals surface area contributed by atoms with Crippen molar-refractivity contribution in [2.24, 2.45) is 5.73 Å². The van der Waals surface area contributed by atoms with E-state index >= 15 is 0 Å². The smallest absolute Gasteiger partial charge is 0.109 e. The summed E-state index contributed by atoms with van der Waals surface area (Å²) in [6.45, 7) is 2.49. The Morgan fingerprint density at radius 2 is 2.47 bits per heavy atom. The molecule has 2 rings (SSSR count). The van der Waals surface area contributed by atoms with Gasteiger partial charge in [0.15, 0.2) is 0 Å². The van der Waals surface area contributed by atoms with Gasteiger partial charge in [-0.1, -0.05) is 0 Å². The van der Waals surface area contributed by atoms with E-state index in [2.05, 4.69) is 9.55 Å². The maximum atomic E-state index is 5.70. The molecule has 1 aliphatic rings. The first-order valence-electron chi connectivity index (χ1n) is 5.72. The fourth-order valence-electron chi connectivity index (χ4n) is 2.03. The van der Waals surface area contributed by atoms with E-state index < -0.39 is 0 Å². The molecule has 2 N–H and O–H groups in total. The molecule has 1 unspecified atom stereocenters. The molecule has 4 heteroatoms. The van der Waals surface area contributed by atoms with Crippen molar-refractivity contribution in [2.45, 2.75) is 38.3 Å². The van der Waals surface area contributed by atoms with Gasteiger partial charge in [-0.3, -0.25) is 0 Å². The molecule has 84 valence electrons. The van der Waals surface area contributed by atoms with Gasteiger partial charge in [0, 0.05) is 25.4 Å². The summed E-state index contributed by atoms with van der Waals surface area (Å²) < 4.78 is 7.87. The Hall–Kier alpha value is -0.870. The number of nitrogens with zero attached hydrogens (tertiary/aromatic N) is 2. The zero-order valence-corrected chi connectivity index (χ0v) is 9.06. The van der Waals surface area contributed by atoms with Crippen LogP contribution in [0, 0.1) is 0 Å². The minimum absolute atomic E-state index is 0.365. The molecule has 1 atom stereocenters. The van der Waals surface area contributed by atoms with Crippen molar-refractivity contribution in [1.29, 1.82) is 0 Å². The molecule has 1 aromatic rings. The summed E-state index contributed by atoms with van der Waals surface area (Å²) in [4.78, 5) is 4.30. The van der Waals surface area contributed by atoms with Crippen molar-refractivity contribution in [1.82, 2.24) is 9.55 Å². The van der Waals surface area contributed by atoms with E-state index in [1.807, 2.05) is 12.4 Å². The minimum atomic E-state index is 0.365. The molecular weight excluding hydrogens is 190 g/mol. The molecular formula is C11H19N3O. The second-order valence-electron chi connectivity index (χ2n) is 4.02. The predicted molar refractivity (Wildman–Crippen MR) is 58.6 cm³/mol. The molecule has 0 aliphatic carbocycles. The van der Waals surface area contributed by atoms with Crippen molar-refractivity contribution < 1.29 is 4.74 Å². The highest BCUT2D eigenvalue weighted by Crippen LogP contribution is 2.15. The standard InChI is InChI=1S/C11H19N3O/c12-5-4-11-13-6-7-14(11)9-10-3-1-2-8-15-10/h6-7,10H,1-5,8-9,12H2. The zero-order chi connectivity index (χ0) is 10.5. The SMILES string of the molecule is NCCc1nccn1CC1CCCCO1. The fourth-order valence-corrected chi connectivity index (χ4v) is 2.03. The van der Waals surface area contributed by atoms with Crippen LogP contribution in [-0.4, -0.2) is 28.8 Å². The minimum Gasteiger partial charge on any atom is -0.376 e. The second-order valence-corrected chi connectivity index (χ2v) is 4.02. The quantitative estimate of drug-likeness (QED) is 0.803. The van der Waals surface area contributed by atoms with Crippen LogP contribution < -0.4 is 5.73 Å². The van der Waals surface area contributed by atoms with Crippen molar-refractivity contribution in [2.75, 3.05) is 13.2 Å². The highest BCUT2D eigenvalue weighted by Gasteiger charge is 2.15. The monoisotopic (exact) mass is 209 g/mol. The Kier molecular flexibility index (Phi) is 3.75. The molecule has 2 heterocycles. The highest BCUT2D eigenvalue weighted by molar-refractivity contribution is 4.93. The number of aromatic nitrogens is 2. The predicted octanol–water partition coefficient (Wildman–Crippen LogP) is 0.953. The molecule has 0 amide bonds. The summed E-state index contributed by atoms with van der Waals surface area (Å²) in [6.07, 6.45) is 8.72. The van der Waals surface area contributed by atoms with Crippen molar-refractivity contribution in [3.8, 4) is 0 Å². The van der Waals surface area contributed by atoms with Gasteiger partial charge in [0.05, 0.1) is 12.6 Å². The normalized spacial score (nSPS) is 21.8. The number of nitrogens with two attached hydrogens (primary N) is 1. The molecule has 0 bridgehead atoms. The van der Waals surface area contributed by atoms with Crippen molar-refractivity contribution in [3.63, 3.8) is 0 Å². The van der Waals surface area contributed by atoms with Gasteiger partial charge in [-0.25, -0.2) is 4.98 Å². The second kappa shape index (κ2) is 5.28. The molecule has 1 fully saturated rings. The van der Waals surface area contributed by atoms with E-state index in [0.29, 0.717) is 12.6 Å². The molecule has 0 saturated carbocycles. The molecule has 4 nitrogen and oxygen atoms in total. The molecule has 1 aliphatic heterocycles. The Labute approximate surface area is 90.4 Å². The summed E-state index contributed by atoms with van der Waals surface area (Å²) in [6, 6.07) is 0. The van der Waals surface area contributed by atoms with Crippen LogP contribution in [0.25, 0.3) is 0 Å². The average Bonchev–Trinajstić information content (AvgIpc) is 2.68. The molecule has 0 spiro atoms. The van der Waals surface area contributed by atoms with Crippen LogP contribution >= 0.6 is 0 Å². The highest BCUT2D eigenvalue weighted by atomic mass is 16.5. The van der Waals surface area contributed by atoms with E-state index in [1.54, 1.807) is 0 Å². The number of hydrogen-bond donors (Lipinski definition) is 1. The van der Waals surface area contributed by atoms with Crippen LogP contribution in [0.4, 0.5) is 0 Å². The van der Waals surface area contributed by atoms with Gasteiger partial charge >= 0.3 is 0 Å². The van der Waals surface area contributed by atoms with Crippen molar-refractivity contribution >= 4 is 0 Å². The summed E-state index contributed by atoms with van der Waals surface area (Å²) in [5, 5.41) is 0. The third-order valence-corrected chi connectivity index (χ3v) is 2.84. The van der Waals surface area contributed by atoms with Gasteiger partial charge in [0.2, 0.25) is 0 Å². The fraction of sp³-hybridized carbons (Fsp3) is 0.727. The van der Waals surface area contributed by atoms with Gasteiger partial charge in [0.1, 0.15) is 5.82 Å². The Balaban J connectivity index is 1.93. The Morgan fingerprint density at radius 1 is 1.53 bits per heavy atom. The van der Waals surface area contributed by atoms with Gasteiger partial charge in [-0.05, 0) is 25.8 Å².